The largest absolute Gasteiger partial charge is 0.354 e. The number of likely N-dealkylation sites (N-methyl/N-ethyl adjacent to an activating group) is 1. The van der Waals surface area contributed by atoms with E-state index >= 15 is 0 Å². The number of anilines is 2. The highest BCUT2D eigenvalue weighted by molar-refractivity contribution is 5.92. The summed E-state index contributed by atoms with van der Waals surface area (Å²) in [6.45, 7) is 8.22. The van der Waals surface area contributed by atoms with Gasteiger partial charge in [-0.25, -0.2) is 4.98 Å². The predicted octanol–water partition coefficient (Wildman–Crippen LogP) is 2.21. The maximum atomic E-state index is 12.0. The molecule has 0 saturated carbocycles. The molecule has 21 heavy (non-hydrogen) atoms. The van der Waals surface area contributed by atoms with Gasteiger partial charge in [-0.3, -0.25) is 4.79 Å². The van der Waals surface area contributed by atoms with E-state index in [4.69, 9.17) is 0 Å². The zero-order chi connectivity index (χ0) is 15.2. The van der Waals surface area contributed by atoms with E-state index in [-0.39, 0.29) is 11.8 Å². The van der Waals surface area contributed by atoms with Gasteiger partial charge in [-0.2, -0.15) is 0 Å². The predicted molar refractivity (Wildman–Crippen MR) is 86.6 cm³/mol. The number of rotatable bonds is 5. The van der Waals surface area contributed by atoms with Crippen LogP contribution in [-0.2, 0) is 4.79 Å². The molecule has 1 aliphatic rings. The first-order chi connectivity index (χ1) is 10.1. The number of pyridine rings is 1. The van der Waals surface area contributed by atoms with Crippen LogP contribution in [0.1, 0.15) is 26.7 Å². The number of amides is 1. The second kappa shape index (κ2) is 7.41. The van der Waals surface area contributed by atoms with Crippen molar-refractivity contribution in [3.63, 3.8) is 0 Å². The van der Waals surface area contributed by atoms with E-state index in [1.54, 1.807) is 6.20 Å². The number of hydrogen-bond acceptors (Lipinski definition) is 4. The number of nitrogens with one attached hydrogen (secondary N) is 1. The summed E-state index contributed by atoms with van der Waals surface area (Å²) in [5, 5.41) is 2.95. The summed E-state index contributed by atoms with van der Waals surface area (Å²) in [4.78, 5) is 21.1. The Labute approximate surface area is 127 Å². The Balaban J connectivity index is 1.94. The molecule has 0 spiro atoms. The first kappa shape index (κ1) is 15.8. The SMILES string of the molecule is CCC(CC)C(=O)Nc1ccc(N2CCN(C)CC2)nc1. The molecule has 1 aliphatic heterocycles. The van der Waals surface area contributed by atoms with Gasteiger partial charge in [-0.05, 0) is 32.0 Å². The van der Waals surface area contributed by atoms with Crippen LogP contribution in [0.3, 0.4) is 0 Å². The quantitative estimate of drug-likeness (QED) is 0.903. The molecule has 1 aromatic heterocycles. The van der Waals surface area contributed by atoms with Gasteiger partial charge >= 0.3 is 0 Å². The third kappa shape index (κ3) is 4.17. The van der Waals surface area contributed by atoms with Gasteiger partial charge in [-0.1, -0.05) is 13.8 Å². The lowest BCUT2D eigenvalue weighted by atomic mass is 10.0. The van der Waals surface area contributed by atoms with Crippen molar-refractivity contribution < 1.29 is 4.79 Å². The van der Waals surface area contributed by atoms with Gasteiger partial charge in [-0.15, -0.1) is 0 Å². The third-order valence-corrected chi connectivity index (χ3v) is 4.20. The number of aromatic nitrogens is 1. The summed E-state index contributed by atoms with van der Waals surface area (Å²) in [5.74, 6) is 1.17. The van der Waals surface area contributed by atoms with Crippen LogP contribution in [0.15, 0.2) is 18.3 Å². The summed E-state index contributed by atoms with van der Waals surface area (Å²) in [5.41, 5.74) is 0.782. The van der Waals surface area contributed by atoms with Crippen molar-refractivity contribution in [1.29, 1.82) is 0 Å². The van der Waals surface area contributed by atoms with Gasteiger partial charge in [0, 0.05) is 32.1 Å². The summed E-state index contributed by atoms with van der Waals surface area (Å²) >= 11 is 0. The molecule has 0 unspecified atom stereocenters. The highest BCUT2D eigenvalue weighted by Crippen LogP contribution is 2.17. The van der Waals surface area contributed by atoms with Gasteiger partial charge in [0.05, 0.1) is 11.9 Å². The molecular weight excluding hydrogens is 264 g/mol. The van der Waals surface area contributed by atoms with Crippen LogP contribution in [0.2, 0.25) is 0 Å². The van der Waals surface area contributed by atoms with Gasteiger partial charge in [0.25, 0.3) is 0 Å². The smallest absolute Gasteiger partial charge is 0.227 e. The van der Waals surface area contributed by atoms with Crippen LogP contribution < -0.4 is 10.2 Å². The van der Waals surface area contributed by atoms with Crippen molar-refractivity contribution in [2.45, 2.75) is 26.7 Å². The second-order valence-electron chi connectivity index (χ2n) is 5.70. The fourth-order valence-electron chi connectivity index (χ4n) is 2.59. The zero-order valence-electron chi connectivity index (χ0n) is 13.3. The van der Waals surface area contributed by atoms with E-state index in [2.05, 4.69) is 27.1 Å². The molecule has 1 saturated heterocycles. The standard InChI is InChI=1S/C16H26N4O/c1-4-13(5-2)16(21)18-14-6-7-15(17-12-14)20-10-8-19(3)9-11-20/h6-7,12-13H,4-5,8-11H2,1-3H3,(H,18,21). The maximum absolute atomic E-state index is 12.0. The van der Waals surface area contributed by atoms with E-state index in [9.17, 15) is 4.79 Å². The number of carbonyl (C=O) groups is 1. The first-order valence-electron chi connectivity index (χ1n) is 7.84. The summed E-state index contributed by atoms with van der Waals surface area (Å²) in [6.07, 6.45) is 3.50. The maximum Gasteiger partial charge on any atom is 0.227 e. The van der Waals surface area contributed by atoms with E-state index in [1.807, 2.05) is 26.0 Å². The normalized spacial score (nSPS) is 16.3. The molecular formula is C16H26N4O. The van der Waals surface area contributed by atoms with Crippen molar-refractivity contribution >= 4 is 17.4 Å². The highest BCUT2D eigenvalue weighted by atomic mass is 16.1. The first-order valence-corrected chi connectivity index (χ1v) is 7.84. The van der Waals surface area contributed by atoms with E-state index in [0.717, 1.165) is 50.5 Å². The van der Waals surface area contributed by atoms with E-state index < -0.39 is 0 Å². The lowest BCUT2D eigenvalue weighted by molar-refractivity contribution is -0.120. The second-order valence-corrected chi connectivity index (χ2v) is 5.70. The minimum atomic E-state index is 0.0855. The Morgan fingerprint density at radius 2 is 1.90 bits per heavy atom. The average Bonchev–Trinajstić information content (AvgIpc) is 2.50. The zero-order valence-corrected chi connectivity index (χ0v) is 13.3. The number of carbonyl (C=O) groups excluding carboxylic acids is 1. The molecule has 116 valence electrons. The number of hydrogen-bond donors (Lipinski definition) is 1. The molecule has 1 N–H and O–H groups in total. The highest BCUT2D eigenvalue weighted by Gasteiger charge is 2.16. The molecule has 2 rings (SSSR count). The van der Waals surface area contributed by atoms with Crippen LogP contribution in [0.5, 0.6) is 0 Å². The van der Waals surface area contributed by atoms with Crippen LogP contribution in [0.25, 0.3) is 0 Å². The van der Waals surface area contributed by atoms with Crippen LogP contribution in [0.4, 0.5) is 11.5 Å². The molecule has 2 heterocycles. The minimum absolute atomic E-state index is 0.0855. The molecule has 1 amide bonds. The fraction of sp³-hybridized carbons (Fsp3) is 0.625. The minimum Gasteiger partial charge on any atom is -0.354 e. The van der Waals surface area contributed by atoms with Gasteiger partial charge in [0.15, 0.2) is 0 Å². The van der Waals surface area contributed by atoms with Crippen LogP contribution >= 0.6 is 0 Å². The van der Waals surface area contributed by atoms with Crippen LogP contribution in [-0.4, -0.2) is 49.0 Å². The van der Waals surface area contributed by atoms with Crippen molar-refractivity contribution in [2.24, 2.45) is 5.92 Å². The summed E-state index contributed by atoms with van der Waals surface area (Å²) in [7, 11) is 2.14. The lowest BCUT2D eigenvalue weighted by Crippen LogP contribution is -2.44. The molecule has 0 atom stereocenters. The Morgan fingerprint density at radius 3 is 2.43 bits per heavy atom. The molecule has 5 heteroatoms. The number of piperazine rings is 1. The van der Waals surface area contributed by atoms with E-state index in [1.165, 1.54) is 0 Å². The Morgan fingerprint density at radius 1 is 1.24 bits per heavy atom. The fourth-order valence-corrected chi connectivity index (χ4v) is 2.59. The summed E-state index contributed by atoms with van der Waals surface area (Å²) < 4.78 is 0. The van der Waals surface area contributed by atoms with Gasteiger partial charge < -0.3 is 15.1 Å². The molecule has 5 nitrogen and oxygen atoms in total. The lowest BCUT2D eigenvalue weighted by Gasteiger charge is -2.33. The Bertz CT molecular complexity index is 448. The molecule has 0 bridgehead atoms. The summed E-state index contributed by atoms with van der Waals surface area (Å²) in [6, 6.07) is 3.94. The van der Waals surface area contributed by atoms with Crippen LogP contribution in [0, 0.1) is 5.92 Å². The van der Waals surface area contributed by atoms with Crippen molar-refractivity contribution in [3.05, 3.63) is 18.3 Å². The van der Waals surface area contributed by atoms with E-state index in [0.29, 0.717) is 0 Å². The van der Waals surface area contributed by atoms with Gasteiger partial charge in [0.1, 0.15) is 5.82 Å². The average molecular weight is 290 g/mol. The molecule has 0 aromatic carbocycles. The molecule has 0 aliphatic carbocycles. The van der Waals surface area contributed by atoms with Crippen molar-refractivity contribution in [3.8, 4) is 0 Å². The topological polar surface area (TPSA) is 48.5 Å². The Hall–Kier alpha value is -1.62. The molecule has 1 fully saturated rings. The van der Waals surface area contributed by atoms with Crippen molar-refractivity contribution in [1.82, 2.24) is 9.88 Å². The van der Waals surface area contributed by atoms with Crippen molar-refractivity contribution in [2.75, 3.05) is 43.4 Å². The third-order valence-electron chi connectivity index (χ3n) is 4.20. The number of nitrogens with zero attached hydrogens (tertiary/aromatic N) is 3. The Kier molecular flexibility index (Phi) is 5.56. The molecule has 0 radical (unpaired) electrons. The molecule has 1 aromatic rings. The van der Waals surface area contributed by atoms with Gasteiger partial charge in [0.2, 0.25) is 5.91 Å². The monoisotopic (exact) mass is 290 g/mol.